The summed E-state index contributed by atoms with van der Waals surface area (Å²) in [4.78, 5) is 9.15. The Kier molecular flexibility index (Phi) is 6.44. The van der Waals surface area contributed by atoms with Gasteiger partial charge in [-0.1, -0.05) is 41.7 Å². The number of hydrogen-bond acceptors (Lipinski definition) is 7. The second-order valence-corrected chi connectivity index (χ2v) is 8.83. The third-order valence-electron chi connectivity index (χ3n) is 5.56. The number of nitrogens with one attached hydrogen (secondary N) is 1. The van der Waals surface area contributed by atoms with Crippen molar-refractivity contribution >= 4 is 37.6 Å². The van der Waals surface area contributed by atoms with Crippen LogP contribution in [0.1, 0.15) is 12.0 Å². The number of thiazole rings is 1. The van der Waals surface area contributed by atoms with Crippen LogP contribution in [-0.2, 0) is 6.42 Å². The number of benzene rings is 3. The number of rotatable bonds is 9. The molecule has 0 unspecified atom stereocenters. The molecule has 3 aromatic carbocycles. The number of pyridine rings is 1. The third kappa shape index (κ3) is 4.75. The van der Waals surface area contributed by atoms with E-state index in [0.717, 1.165) is 51.4 Å². The first-order valence-electron chi connectivity index (χ1n) is 11.1. The first-order chi connectivity index (χ1) is 16.7. The Morgan fingerprint density at radius 3 is 2.50 bits per heavy atom. The minimum atomic E-state index is 0.633. The number of aromatic nitrogens is 2. The lowest BCUT2D eigenvalue weighted by atomic mass is 10.1. The van der Waals surface area contributed by atoms with Crippen LogP contribution < -0.4 is 19.5 Å². The van der Waals surface area contributed by atoms with Gasteiger partial charge in [0.15, 0.2) is 16.6 Å². The van der Waals surface area contributed by atoms with Crippen molar-refractivity contribution in [1.29, 1.82) is 0 Å². The van der Waals surface area contributed by atoms with Crippen molar-refractivity contribution in [1.82, 2.24) is 9.97 Å². The summed E-state index contributed by atoms with van der Waals surface area (Å²) in [6.07, 6.45) is 3.83. The van der Waals surface area contributed by atoms with Crippen molar-refractivity contribution in [2.45, 2.75) is 12.8 Å². The zero-order valence-corrected chi connectivity index (χ0v) is 19.9. The molecular weight excluding hydrogens is 446 g/mol. The number of anilines is 1. The zero-order chi connectivity index (χ0) is 23.3. The highest BCUT2D eigenvalue weighted by Gasteiger charge is 2.12. The molecule has 0 amide bonds. The van der Waals surface area contributed by atoms with E-state index in [2.05, 4.69) is 34.6 Å². The van der Waals surface area contributed by atoms with Crippen molar-refractivity contribution < 1.29 is 14.2 Å². The van der Waals surface area contributed by atoms with E-state index in [4.69, 9.17) is 19.2 Å². The van der Waals surface area contributed by atoms with Crippen LogP contribution in [0.5, 0.6) is 23.0 Å². The highest BCUT2D eigenvalue weighted by molar-refractivity contribution is 7.22. The van der Waals surface area contributed by atoms with E-state index in [1.807, 2.05) is 42.5 Å². The molecule has 0 saturated heterocycles. The predicted molar refractivity (Wildman–Crippen MR) is 138 cm³/mol. The Morgan fingerprint density at radius 2 is 1.68 bits per heavy atom. The van der Waals surface area contributed by atoms with Crippen molar-refractivity contribution in [3.63, 3.8) is 0 Å². The molecule has 0 atom stereocenters. The molecule has 2 heterocycles. The summed E-state index contributed by atoms with van der Waals surface area (Å²) in [6.45, 7) is 0.881. The van der Waals surface area contributed by atoms with Crippen LogP contribution in [0.3, 0.4) is 0 Å². The van der Waals surface area contributed by atoms with Crippen molar-refractivity contribution in [2.75, 3.05) is 26.1 Å². The summed E-state index contributed by atoms with van der Waals surface area (Å²) in [7, 11) is 3.23. The monoisotopic (exact) mass is 471 g/mol. The van der Waals surface area contributed by atoms with E-state index in [-0.39, 0.29) is 0 Å². The summed E-state index contributed by atoms with van der Waals surface area (Å²) in [5.41, 5.74) is 3.08. The van der Waals surface area contributed by atoms with Crippen LogP contribution in [0.25, 0.3) is 21.1 Å². The van der Waals surface area contributed by atoms with Crippen molar-refractivity contribution in [3.8, 4) is 23.0 Å². The molecule has 0 aliphatic carbocycles. The van der Waals surface area contributed by atoms with Gasteiger partial charge in [-0.05, 0) is 42.7 Å². The molecule has 6 nitrogen and oxygen atoms in total. The van der Waals surface area contributed by atoms with Crippen LogP contribution in [0.4, 0.5) is 5.13 Å². The molecule has 0 spiro atoms. The maximum Gasteiger partial charge on any atom is 0.183 e. The van der Waals surface area contributed by atoms with Crippen LogP contribution >= 0.6 is 11.3 Å². The van der Waals surface area contributed by atoms with E-state index in [9.17, 15) is 0 Å². The Balaban J connectivity index is 1.30. The molecule has 34 heavy (non-hydrogen) atoms. The number of ether oxygens (including phenoxy) is 3. The standard InChI is InChI=1S/C27H25N3O3S/c1-31-24-16-20-22(17-25(24)32-2)28-14-12-23(20)33-19-10-11-21-26(15-19)34-27(30-21)29-13-6-9-18-7-4-3-5-8-18/h3-5,7-8,10-12,14-17H,6,9,13H2,1-2H3,(H,29,30). The number of fused-ring (bicyclic) bond motifs is 2. The van der Waals surface area contributed by atoms with Gasteiger partial charge in [0.2, 0.25) is 0 Å². The topological polar surface area (TPSA) is 65.5 Å². The fourth-order valence-electron chi connectivity index (χ4n) is 3.84. The molecule has 5 rings (SSSR count). The van der Waals surface area contributed by atoms with Gasteiger partial charge in [-0.15, -0.1) is 0 Å². The van der Waals surface area contributed by atoms with Gasteiger partial charge in [-0.2, -0.15) is 0 Å². The third-order valence-corrected chi connectivity index (χ3v) is 6.53. The van der Waals surface area contributed by atoms with E-state index in [0.29, 0.717) is 17.2 Å². The molecule has 0 aliphatic heterocycles. The number of aryl methyl sites for hydroxylation is 1. The molecule has 5 aromatic rings. The van der Waals surface area contributed by atoms with Gasteiger partial charge < -0.3 is 19.5 Å². The van der Waals surface area contributed by atoms with Gasteiger partial charge in [-0.25, -0.2) is 4.98 Å². The molecule has 1 N–H and O–H groups in total. The Bertz CT molecular complexity index is 1420. The number of nitrogens with zero attached hydrogens (tertiary/aromatic N) is 2. The molecule has 0 fully saturated rings. The normalized spacial score (nSPS) is 11.0. The molecule has 7 heteroatoms. The second-order valence-electron chi connectivity index (χ2n) is 7.80. The minimum Gasteiger partial charge on any atom is -0.493 e. The molecule has 0 radical (unpaired) electrons. The summed E-state index contributed by atoms with van der Waals surface area (Å²) in [6, 6.07) is 22.1. The van der Waals surface area contributed by atoms with Gasteiger partial charge in [0.25, 0.3) is 0 Å². The van der Waals surface area contributed by atoms with E-state index < -0.39 is 0 Å². The van der Waals surface area contributed by atoms with Gasteiger partial charge in [0.05, 0.1) is 30.0 Å². The molecule has 2 aromatic heterocycles. The second kappa shape index (κ2) is 9.97. The molecular formula is C27H25N3O3S. The summed E-state index contributed by atoms with van der Waals surface area (Å²) < 4.78 is 18.2. The summed E-state index contributed by atoms with van der Waals surface area (Å²) >= 11 is 1.63. The van der Waals surface area contributed by atoms with Gasteiger partial charge in [0.1, 0.15) is 11.5 Å². The molecule has 0 aliphatic rings. The minimum absolute atomic E-state index is 0.633. The van der Waals surface area contributed by atoms with E-state index in [1.54, 1.807) is 31.8 Å². The maximum absolute atomic E-state index is 6.25. The smallest absolute Gasteiger partial charge is 0.183 e. The highest BCUT2D eigenvalue weighted by atomic mass is 32.1. The molecule has 172 valence electrons. The fourth-order valence-corrected chi connectivity index (χ4v) is 4.76. The summed E-state index contributed by atoms with van der Waals surface area (Å²) in [5, 5.41) is 5.23. The average molecular weight is 472 g/mol. The highest BCUT2D eigenvalue weighted by Crippen LogP contribution is 2.38. The number of hydrogen-bond donors (Lipinski definition) is 1. The largest absolute Gasteiger partial charge is 0.493 e. The lowest BCUT2D eigenvalue weighted by molar-refractivity contribution is 0.355. The van der Waals surface area contributed by atoms with Crippen molar-refractivity contribution in [3.05, 3.63) is 78.5 Å². The SMILES string of the molecule is COc1cc2nccc(Oc3ccc4nc(NCCCc5ccccc5)sc4c3)c2cc1OC. The lowest BCUT2D eigenvalue weighted by Crippen LogP contribution is -2.02. The fraction of sp³-hybridized carbons (Fsp3) is 0.185. The van der Waals surface area contributed by atoms with Gasteiger partial charge >= 0.3 is 0 Å². The summed E-state index contributed by atoms with van der Waals surface area (Å²) in [5.74, 6) is 2.71. The first kappa shape index (κ1) is 22.0. The van der Waals surface area contributed by atoms with E-state index in [1.165, 1.54) is 5.56 Å². The van der Waals surface area contributed by atoms with Crippen LogP contribution in [-0.4, -0.2) is 30.7 Å². The average Bonchev–Trinajstić information content (AvgIpc) is 3.28. The molecule has 0 saturated carbocycles. The van der Waals surface area contributed by atoms with Crippen LogP contribution in [0.15, 0.2) is 72.9 Å². The maximum atomic E-state index is 6.25. The Morgan fingerprint density at radius 1 is 0.853 bits per heavy atom. The predicted octanol–water partition coefficient (Wildman–Crippen LogP) is 6.70. The quantitative estimate of drug-likeness (QED) is 0.241. The van der Waals surface area contributed by atoms with Crippen LogP contribution in [0, 0.1) is 0 Å². The first-order valence-corrected chi connectivity index (χ1v) is 11.9. The van der Waals surface area contributed by atoms with E-state index >= 15 is 0 Å². The zero-order valence-electron chi connectivity index (χ0n) is 19.1. The van der Waals surface area contributed by atoms with Gasteiger partial charge in [0, 0.05) is 30.3 Å². The lowest BCUT2D eigenvalue weighted by Gasteiger charge is -2.12. The van der Waals surface area contributed by atoms with Crippen molar-refractivity contribution in [2.24, 2.45) is 0 Å². The number of methoxy groups -OCH3 is 2. The van der Waals surface area contributed by atoms with Gasteiger partial charge in [-0.3, -0.25) is 4.98 Å². The van der Waals surface area contributed by atoms with Crippen LogP contribution in [0.2, 0.25) is 0 Å². The Hall–Kier alpha value is -3.84. The Labute approximate surface area is 202 Å². The molecule has 0 bridgehead atoms.